The third-order valence-electron chi connectivity index (χ3n) is 2.05. The van der Waals surface area contributed by atoms with E-state index < -0.39 is 0 Å². The second-order valence-electron chi connectivity index (χ2n) is 3.15. The average molecular weight is 191 g/mol. The van der Waals surface area contributed by atoms with Gasteiger partial charge in [-0.2, -0.15) is 0 Å². The molecule has 2 heterocycles. The van der Waals surface area contributed by atoms with E-state index in [2.05, 4.69) is 25.3 Å². The predicted molar refractivity (Wildman–Crippen MR) is 53.9 cm³/mol. The number of hydrogen-bond acceptors (Lipinski definition) is 4. The van der Waals surface area contributed by atoms with Crippen molar-refractivity contribution in [1.29, 1.82) is 0 Å². The number of nitrogens with one attached hydrogen (secondary N) is 2. The SMILES string of the molecule is CNCCCc1nc2ncncc2[nH]1. The van der Waals surface area contributed by atoms with Gasteiger partial charge < -0.3 is 10.3 Å². The number of nitrogens with zero attached hydrogens (tertiary/aromatic N) is 3. The highest BCUT2D eigenvalue weighted by atomic mass is 15.0. The van der Waals surface area contributed by atoms with Gasteiger partial charge in [0.1, 0.15) is 17.7 Å². The van der Waals surface area contributed by atoms with Crippen molar-refractivity contribution >= 4 is 11.2 Å². The van der Waals surface area contributed by atoms with E-state index in [9.17, 15) is 0 Å². The number of hydrogen-bond donors (Lipinski definition) is 2. The first-order valence-corrected chi connectivity index (χ1v) is 4.69. The molecule has 2 aromatic rings. The first-order valence-electron chi connectivity index (χ1n) is 4.69. The number of aromatic nitrogens is 4. The largest absolute Gasteiger partial charge is 0.339 e. The lowest BCUT2D eigenvalue weighted by Gasteiger charge is -1.95. The van der Waals surface area contributed by atoms with Gasteiger partial charge >= 0.3 is 0 Å². The number of aryl methyl sites for hydroxylation is 1. The second kappa shape index (κ2) is 4.15. The molecule has 0 radical (unpaired) electrons. The van der Waals surface area contributed by atoms with Gasteiger partial charge in [-0.3, -0.25) is 0 Å². The standard InChI is InChI=1S/C9H13N5/c1-10-4-2-3-8-13-7-5-11-6-12-9(7)14-8/h5-6,10H,2-4H2,1H3,(H,11,12,13,14). The lowest BCUT2D eigenvalue weighted by Crippen LogP contribution is -2.08. The van der Waals surface area contributed by atoms with Crippen LogP contribution >= 0.6 is 0 Å². The summed E-state index contributed by atoms with van der Waals surface area (Å²) < 4.78 is 0. The molecule has 0 saturated heterocycles. The Morgan fingerprint density at radius 2 is 2.43 bits per heavy atom. The van der Waals surface area contributed by atoms with Crippen LogP contribution < -0.4 is 5.32 Å². The molecular formula is C9H13N5. The third-order valence-corrected chi connectivity index (χ3v) is 2.05. The Hall–Kier alpha value is -1.49. The van der Waals surface area contributed by atoms with Crippen molar-refractivity contribution in [3.8, 4) is 0 Å². The molecule has 5 heteroatoms. The topological polar surface area (TPSA) is 66.5 Å². The second-order valence-corrected chi connectivity index (χ2v) is 3.15. The van der Waals surface area contributed by atoms with Crippen molar-refractivity contribution in [2.75, 3.05) is 13.6 Å². The molecule has 0 spiro atoms. The highest BCUT2D eigenvalue weighted by Gasteiger charge is 2.02. The van der Waals surface area contributed by atoms with E-state index in [0.29, 0.717) is 0 Å². The molecule has 2 aromatic heterocycles. The molecule has 5 nitrogen and oxygen atoms in total. The van der Waals surface area contributed by atoms with Gasteiger partial charge in [0, 0.05) is 6.42 Å². The van der Waals surface area contributed by atoms with Crippen LogP contribution in [0.3, 0.4) is 0 Å². The first-order chi connectivity index (χ1) is 6.90. The minimum Gasteiger partial charge on any atom is -0.339 e. The summed E-state index contributed by atoms with van der Waals surface area (Å²) in [5.74, 6) is 0.982. The maximum atomic E-state index is 4.35. The van der Waals surface area contributed by atoms with Gasteiger partial charge in [0.2, 0.25) is 0 Å². The van der Waals surface area contributed by atoms with E-state index in [1.165, 1.54) is 6.33 Å². The molecule has 0 amide bonds. The monoisotopic (exact) mass is 191 g/mol. The molecule has 0 bridgehead atoms. The average Bonchev–Trinajstić information content (AvgIpc) is 2.60. The number of fused-ring (bicyclic) bond motifs is 1. The summed E-state index contributed by atoms with van der Waals surface area (Å²) in [6, 6.07) is 0. The Labute approximate surface area is 82.0 Å². The Kier molecular flexibility index (Phi) is 2.69. The fourth-order valence-corrected chi connectivity index (χ4v) is 1.36. The van der Waals surface area contributed by atoms with E-state index >= 15 is 0 Å². The van der Waals surface area contributed by atoms with Crippen LogP contribution in [-0.4, -0.2) is 33.5 Å². The van der Waals surface area contributed by atoms with E-state index in [-0.39, 0.29) is 0 Å². The van der Waals surface area contributed by atoms with Crippen LogP contribution in [0, 0.1) is 0 Å². The Bertz CT molecular complexity index is 375. The van der Waals surface area contributed by atoms with Gasteiger partial charge in [0.05, 0.1) is 6.20 Å². The lowest BCUT2D eigenvalue weighted by atomic mass is 10.3. The van der Waals surface area contributed by atoms with Crippen molar-refractivity contribution in [3.05, 3.63) is 18.3 Å². The Morgan fingerprint density at radius 1 is 1.50 bits per heavy atom. The van der Waals surface area contributed by atoms with Crippen LogP contribution in [0.15, 0.2) is 12.5 Å². The summed E-state index contributed by atoms with van der Waals surface area (Å²) in [6.07, 6.45) is 5.28. The predicted octanol–water partition coefficient (Wildman–Crippen LogP) is 0.505. The normalized spacial score (nSPS) is 10.9. The smallest absolute Gasteiger partial charge is 0.180 e. The highest BCUT2D eigenvalue weighted by molar-refractivity contribution is 5.68. The highest BCUT2D eigenvalue weighted by Crippen LogP contribution is 2.06. The molecule has 0 aliphatic heterocycles. The van der Waals surface area contributed by atoms with E-state index in [1.807, 2.05) is 7.05 Å². The van der Waals surface area contributed by atoms with E-state index in [1.54, 1.807) is 6.20 Å². The maximum Gasteiger partial charge on any atom is 0.180 e. The molecule has 0 atom stereocenters. The summed E-state index contributed by atoms with van der Waals surface area (Å²) in [4.78, 5) is 15.5. The summed E-state index contributed by atoms with van der Waals surface area (Å²) in [5, 5.41) is 3.10. The molecule has 2 N–H and O–H groups in total. The van der Waals surface area contributed by atoms with Crippen molar-refractivity contribution < 1.29 is 0 Å². The first kappa shape index (κ1) is 9.08. The molecule has 0 aliphatic rings. The number of rotatable bonds is 4. The van der Waals surface area contributed by atoms with Crippen molar-refractivity contribution in [3.63, 3.8) is 0 Å². The van der Waals surface area contributed by atoms with Crippen molar-refractivity contribution in [2.24, 2.45) is 0 Å². The van der Waals surface area contributed by atoms with Crippen LogP contribution in [0.2, 0.25) is 0 Å². The fraction of sp³-hybridized carbons (Fsp3) is 0.444. The van der Waals surface area contributed by atoms with Crippen LogP contribution in [-0.2, 0) is 6.42 Å². The molecule has 2 rings (SSSR count). The zero-order valence-corrected chi connectivity index (χ0v) is 8.12. The van der Waals surface area contributed by atoms with Gasteiger partial charge in [0.25, 0.3) is 0 Å². The molecule has 0 aliphatic carbocycles. The molecule has 14 heavy (non-hydrogen) atoms. The minimum absolute atomic E-state index is 0.749. The maximum absolute atomic E-state index is 4.35. The van der Waals surface area contributed by atoms with Crippen LogP contribution in [0.1, 0.15) is 12.2 Å². The number of aromatic amines is 1. The summed E-state index contributed by atoms with van der Waals surface area (Å²) >= 11 is 0. The van der Waals surface area contributed by atoms with Gasteiger partial charge in [-0.1, -0.05) is 0 Å². The van der Waals surface area contributed by atoms with Gasteiger partial charge in [-0.05, 0) is 20.0 Å². The van der Waals surface area contributed by atoms with E-state index in [4.69, 9.17) is 0 Å². The molecule has 0 saturated carbocycles. The van der Waals surface area contributed by atoms with Gasteiger partial charge in [0.15, 0.2) is 5.65 Å². The Morgan fingerprint density at radius 3 is 3.21 bits per heavy atom. The van der Waals surface area contributed by atoms with Crippen molar-refractivity contribution in [2.45, 2.75) is 12.8 Å². The zero-order valence-electron chi connectivity index (χ0n) is 8.12. The summed E-state index contributed by atoms with van der Waals surface area (Å²) in [7, 11) is 1.95. The van der Waals surface area contributed by atoms with Crippen LogP contribution in [0.25, 0.3) is 11.2 Å². The third kappa shape index (κ3) is 1.88. The lowest BCUT2D eigenvalue weighted by molar-refractivity contribution is 0.708. The Balaban J connectivity index is 2.11. The zero-order chi connectivity index (χ0) is 9.80. The van der Waals surface area contributed by atoms with Crippen molar-refractivity contribution in [1.82, 2.24) is 25.3 Å². The quantitative estimate of drug-likeness (QED) is 0.691. The molecule has 0 fully saturated rings. The summed E-state index contributed by atoms with van der Waals surface area (Å²) in [5.41, 5.74) is 1.66. The van der Waals surface area contributed by atoms with Gasteiger partial charge in [-0.15, -0.1) is 0 Å². The number of imidazole rings is 1. The van der Waals surface area contributed by atoms with Gasteiger partial charge in [-0.25, -0.2) is 15.0 Å². The van der Waals surface area contributed by atoms with Crippen LogP contribution in [0.5, 0.6) is 0 Å². The number of H-pyrrole nitrogens is 1. The molecule has 0 unspecified atom stereocenters. The molecule has 74 valence electrons. The van der Waals surface area contributed by atoms with E-state index in [0.717, 1.165) is 36.4 Å². The molecular weight excluding hydrogens is 178 g/mol. The fourth-order valence-electron chi connectivity index (χ4n) is 1.36. The van der Waals surface area contributed by atoms with Crippen LogP contribution in [0.4, 0.5) is 0 Å². The summed E-state index contributed by atoms with van der Waals surface area (Å²) in [6.45, 7) is 1.00. The molecule has 0 aromatic carbocycles. The minimum atomic E-state index is 0.749.